The Labute approximate surface area is 103 Å². The van der Waals surface area contributed by atoms with Crippen molar-refractivity contribution in [3.05, 3.63) is 17.5 Å². The summed E-state index contributed by atoms with van der Waals surface area (Å²) in [5, 5.41) is 13.6. The van der Waals surface area contributed by atoms with Gasteiger partial charge < -0.3 is 5.11 Å². The SMILES string of the molecule is CCCC(Cc1cc(CC)nn1CC)C(=O)O. The van der Waals surface area contributed by atoms with E-state index in [0.717, 1.165) is 37.2 Å². The van der Waals surface area contributed by atoms with Crippen LogP contribution in [0.2, 0.25) is 0 Å². The van der Waals surface area contributed by atoms with E-state index in [2.05, 4.69) is 12.0 Å². The van der Waals surface area contributed by atoms with E-state index in [-0.39, 0.29) is 5.92 Å². The lowest BCUT2D eigenvalue weighted by Crippen LogP contribution is -2.18. The summed E-state index contributed by atoms with van der Waals surface area (Å²) in [6, 6.07) is 2.04. The van der Waals surface area contributed by atoms with E-state index in [9.17, 15) is 4.79 Å². The van der Waals surface area contributed by atoms with Gasteiger partial charge in [0.15, 0.2) is 0 Å². The van der Waals surface area contributed by atoms with Crippen LogP contribution in [-0.2, 0) is 24.2 Å². The zero-order chi connectivity index (χ0) is 12.8. The normalized spacial score (nSPS) is 12.6. The summed E-state index contributed by atoms with van der Waals surface area (Å²) >= 11 is 0. The molecule has 0 amide bonds. The Morgan fingerprint density at radius 2 is 2.18 bits per heavy atom. The maximum Gasteiger partial charge on any atom is 0.306 e. The molecule has 1 N–H and O–H groups in total. The fourth-order valence-electron chi connectivity index (χ4n) is 2.04. The van der Waals surface area contributed by atoms with Gasteiger partial charge in [-0.3, -0.25) is 9.48 Å². The molecule has 1 unspecified atom stereocenters. The minimum absolute atomic E-state index is 0.285. The predicted octanol–water partition coefficient (Wildman–Crippen LogP) is 2.51. The minimum Gasteiger partial charge on any atom is -0.481 e. The number of carboxylic acids is 1. The van der Waals surface area contributed by atoms with E-state index in [1.807, 2.05) is 24.6 Å². The van der Waals surface area contributed by atoms with Crippen LogP contribution >= 0.6 is 0 Å². The molecule has 0 aliphatic carbocycles. The molecule has 17 heavy (non-hydrogen) atoms. The molecule has 0 bridgehead atoms. The monoisotopic (exact) mass is 238 g/mol. The second kappa shape index (κ2) is 6.42. The van der Waals surface area contributed by atoms with Gasteiger partial charge in [-0.1, -0.05) is 20.3 Å². The van der Waals surface area contributed by atoms with E-state index in [1.54, 1.807) is 0 Å². The summed E-state index contributed by atoms with van der Waals surface area (Å²) in [5.74, 6) is -0.986. The van der Waals surface area contributed by atoms with Crippen LogP contribution in [0.25, 0.3) is 0 Å². The smallest absolute Gasteiger partial charge is 0.306 e. The summed E-state index contributed by atoms with van der Waals surface area (Å²) in [6.45, 7) is 6.91. The van der Waals surface area contributed by atoms with E-state index in [4.69, 9.17) is 5.11 Å². The lowest BCUT2D eigenvalue weighted by molar-refractivity contribution is -0.142. The van der Waals surface area contributed by atoms with Gasteiger partial charge in [-0.15, -0.1) is 0 Å². The van der Waals surface area contributed by atoms with Crippen molar-refractivity contribution >= 4 is 5.97 Å². The first-order valence-electron chi connectivity index (χ1n) is 6.40. The standard InChI is InChI=1S/C13H22N2O2/c1-4-7-10(13(16)17)8-12-9-11(5-2)14-15(12)6-3/h9-10H,4-8H2,1-3H3,(H,16,17). The summed E-state index contributed by atoms with van der Waals surface area (Å²) in [6.07, 6.45) is 3.11. The van der Waals surface area contributed by atoms with Crippen LogP contribution in [-0.4, -0.2) is 20.9 Å². The molecule has 1 aromatic rings. The molecule has 1 aromatic heterocycles. The summed E-state index contributed by atoms with van der Waals surface area (Å²) in [5.41, 5.74) is 2.09. The molecule has 0 aromatic carbocycles. The van der Waals surface area contributed by atoms with Gasteiger partial charge in [0.1, 0.15) is 0 Å². The van der Waals surface area contributed by atoms with Crippen LogP contribution in [0, 0.1) is 5.92 Å². The maximum absolute atomic E-state index is 11.1. The minimum atomic E-state index is -0.700. The summed E-state index contributed by atoms with van der Waals surface area (Å²) < 4.78 is 1.92. The third-order valence-corrected chi connectivity index (χ3v) is 3.02. The number of rotatable bonds is 7. The van der Waals surface area contributed by atoms with E-state index < -0.39 is 5.97 Å². The molecule has 0 spiro atoms. The summed E-state index contributed by atoms with van der Waals surface area (Å²) in [4.78, 5) is 11.1. The number of nitrogens with zero attached hydrogens (tertiary/aromatic N) is 2. The molecule has 96 valence electrons. The van der Waals surface area contributed by atoms with Crippen molar-refractivity contribution < 1.29 is 9.90 Å². The molecule has 1 heterocycles. The molecule has 0 saturated carbocycles. The van der Waals surface area contributed by atoms with Crippen molar-refractivity contribution in [2.45, 2.75) is 53.0 Å². The third-order valence-electron chi connectivity index (χ3n) is 3.02. The average Bonchev–Trinajstić information content (AvgIpc) is 2.70. The van der Waals surface area contributed by atoms with Gasteiger partial charge in [-0.2, -0.15) is 5.10 Å². The molecule has 0 aliphatic heterocycles. The molecular formula is C13H22N2O2. The van der Waals surface area contributed by atoms with Crippen molar-refractivity contribution in [2.24, 2.45) is 5.92 Å². The van der Waals surface area contributed by atoms with Crippen molar-refractivity contribution in [1.82, 2.24) is 9.78 Å². The lowest BCUT2D eigenvalue weighted by atomic mass is 9.98. The Balaban J connectivity index is 2.83. The molecule has 0 saturated heterocycles. The molecule has 1 rings (SSSR count). The Bertz CT molecular complexity index is 371. The van der Waals surface area contributed by atoms with Crippen molar-refractivity contribution in [2.75, 3.05) is 0 Å². The summed E-state index contributed by atoms with van der Waals surface area (Å²) in [7, 11) is 0. The van der Waals surface area contributed by atoms with Crippen LogP contribution in [0.4, 0.5) is 0 Å². The van der Waals surface area contributed by atoms with Gasteiger partial charge in [0, 0.05) is 18.7 Å². The van der Waals surface area contributed by atoms with E-state index in [1.165, 1.54) is 0 Å². The molecule has 1 atom stereocenters. The number of hydrogen-bond acceptors (Lipinski definition) is 2. The molecule has 4 heteroatoms. The molecule has 0 fully saturated rings. The lowest BCUT2D eigenvalue weighted by Gasteiger charge is -2.11. The van der Waals surface area contributed by atoms with Crippen LogP contribution in [0.3, 0.4) is 0 Å². The van der Waals surface area contributed by atoms with Crippen LogP contribution < -0.4 is 0 Å². The van der Waals surface area contributed by atoms with Crippen molar-refractivity contribution in [3.8, 4) is 0 Å². The van der Waals surface area contributed by atoms with Crippen molar-refractivity contribution in [1.29, 1.82) is 0 Å². The fourth-order valence-corrected chi connectivity index (χ4v) is 2.04. The highest BCUT2D eigenvalue weighted by molar-refractivity contribution is 5.70. The quantitative estimate of drug-likeness (QED) is 0.794. The first kappa shape index (κ1) is 13.7. The molecule has 4 nitrogen and oxygen atoms in total. The van der Waals surface area contributed by atoms with Crippen LogP contribution in [0.1, 0.15) is 45.0 Å². The Hall–Kier alpha value is -1.32. The zero-order valence-electron chi connectivity index (χ0n) is 10.9. The number of carboxylic acid groups (broad SMARTS) is 1. The number of aryl methyl sites for hydroxylation is 2. The van der Waals surface area contributed by atoms with Gasteiger partial charge in [0.2, 0.25) is 0 Å². The van der Waals surface area contributed by atoms with Gasteiger partial charge in [0.05, 0.1) is 11.6 Å². The Morgan fingerprint density at radius 3 is 2.65 bits per heavy atom. The number of aromatic nitrogens is 2. The number of aliphatic carboxylic acids is 1. The first-order valence-corrected chi connectivity index (χ1v) is 6.40. The predicted molar refractivity (Wildman–Crippen MR) is 67.0 cm³/mol. The second-order valence-electron chi connectivity index (χ2n) is 4.32. The fraction of sp³-hybridized carbons (Fsp3) is 0.692. The maximum atomic E-state index is 11.1. The average molecular weight is 238 g/mol. The van der Waals surface area contributed by atoms with Crippen molar-refractivity contribution in [3.63, 3.8) is 0 Å². The molecular weight excluding hydrogens is 216 g/mol. The van der Waals surface area contributed by atoms with Crippen LogP contribution in [0.15, 0.2) is 6.07 Å². The molecule has 0 radical (unpaired) electrons. The highest BCUT2D eigenvalue weighted by atomic mass is 16.4. The topological polar surface area (TPSA) is 55.1 Å². The van der Waals surface area contributed by atoms with E-state index >= 15 is 0 Å². The Kier molecular flexibility index (Phi) is 5.19. The highest BCUT2D eigenvalue weighted by Gasteiger charge is 2.19. The number of carbonyl (C=O) groups is 1. The van der Waals surface area contributed by atoms with Gasteiger partial charge in [0.25, 0.3) is 0 Å². The largest absolute Gasteiger partial charge is 0.481 e. The number of hydrogen-bond donors (Lipinski definition) is 1. The molecule has 0 aliphatic rings. The van der Waals surface area contributed by atoms with E-state index in [0.29, 0.717) is 6.42 Å². The van der Waals surface area contributed by atoms with Crippen LogP contribution in [0.5, 0.6) is 0 Å². The second-order valence-corrected chi connectivity index (χ2v) is 4.32. The van der Waals surface area contributed by atoms with Gasteiger partial charge >= 0.3 is 5.97 Å². The van der Waals surface area contributed by atoms with Gasteiger partial charge in [-0.05, 0) is 25.8 Å². The Morgan fingerprint density at radius 1 is 1.47 bits per heavy atom. The zero-order valence-corrected chi connectivity index (χ0v) is 10.9. The third kappa shape index (κ3) is 3.58. The highest BCUT2D eigenvalue weighted by Crippen LogP contribution is 2.16. The van der Waals surface area contributed by atoms with Gasteiger partial charge in [-0.25, -0.2) is 0 Å². The first-order chi connectivity index (χ1) is 8.12.